The molecule has 3 rings (SSSR count). The summed E-state index contributed by atoms with van der Waals surface area (Å²) in [6.07, 6.45) is 8.49. The summed E-state index contributed by atoms with van der Waals surface area (Å²) in [7, 11) is 0. The van der Waals surface area contributed by atoms with Crippen LogP contribution in [0.4, 0.5) is 5.82 Å². The van der Waals surface area contributed by atoms with E-state index >= 15 is 0 Å². The first-order valence-corrected chi connectivity index (χ1v) is 11.1. The summed E-state index contributed by atoms with van der Waals surface area (Å²) >= 11 is 1.62. The predicted molar refractivity (Wildman–Crippen MR) is 110 cm³/mol. The Kier molecular flexibility index (Phi) is 7.32. The van der Waals surface area contributed by atoms with E-state index in [2.05, 4.69) is 39.5 Å². The van der Waals surface area contributed by atoms with Gasteiger partial charge in [-0.05, 0) is 25.0 Å². The zero-order chi connectivity index (χ0) is 19.1. The molecule has 0 aromatic carbocycles. The predicted octanol–water partition coefficient (Wildman–Crippen LogP) is 3.46. The maximum atomic E-state index is 12.3. The Hall–Kier alpha value is -1.83. The summed E-state index contributed by atoms with van der Waals surface area (Å²) in [5.74, 6) is 2.14. The van der Waals surface area contributed by atoms with Crippen LogP contribution in [-0.4, -0.2) is 44.5 Å². The highest BCUT2D eigenvalue weighted by atomic mass is 32.2. The number of thioether (sulfide) groups is 1. The molecule has 148 valence electrons. The van der Waals surface area contributed by atoms with Crippen molar-refractivity contribution in [1.82, 2.24) is 25.1 Å². The molecule has 1 saturated carbocycles. The van der Waals surface area contributed by atoms with Crippen molar-refractivity contribution in [1.29, 1.82) is 0 Å². The second-order valence-corrected chi connectivity index (χ2v) is 8.18. The fraction of sp³-hybridized carbons (Fsp3) is 0.684. The van der Waals surface area contributed by atoms with Crippen LogP contribution in [0.2, 0.25) is 0 Å². The highest BCUT2D eigenvalue weighted by Gasteiger charge is 2.20. The van der Waals surface area contributed by atoms with E-state index in [9.17, 15) is 4.79 Å². The van der Waals surface area contributed by atoms with Gasteiger partial charge in [0.05, 0.1) is 18.1 Å². The van der Waals surface area contributed by atoms with Crippen molar-refractivity contribution in [2.45, 2.75) is 64.1 Å². The Labute approximate surface area is 165 Å². The minimum atomic E-state index is 0.188. The van der Waals surface area contributed by atoms with E-state index in [1.165, 1.54) is 19.3 Å². The van der Waals surface area contributed by atoms with Gasteiger partial charge in [0.15, 0.2) is 10.8 Å². The molecule has 2 aromatic rings. The SMILES string of the molecule is CCCNc1nc(SCC)nc2c1cnn2CCNC(=O)C1CCCCC1. The molecule has 2 heterocycles. The normalized spacial score (nSPS) is 15.2. The van der Waals surface area contributed by atoms with Crippen molar-refractivity contribution in [2.75, 3.05) is 24.2 Å². The van der Waals surface area contributed by atoms with Crippen LogP contribution < -0.4 is 10.6 Å². The number of carbonyl (C=O) groups excluding carboxylic acids is 1. The minimum absolute atomic E-state index is 0.188. The number of fused-ring (bicyclic) bond motifs is 1. The van der Waals surface area contributed by atoms with E-state index in [4.69, 9.17) is 0 Å². The van der Waals surface area contributed by atoms with Crippen molar-refractivity contribution < 1.29 is 4.79 Å². The lowest BCUT2D eigenvalue weighted by atomic mass is 9.89. The monoisotopic (exact) mass is 390 g/mol. The minimum Gasteiger partial charge on any atom is -0.369 e. The first-order chi connectivity index (χ1) is 13.2. The number of hydrogen-bond donors (Lipinski definition) is 2. The highest BCUT2D eigenvalue weighted by Crippen LogP contribution is 2.25. The Morgan fingerprint density at radius 1 is 1.22 bits per heavy atom. The summed E-state index contributed by atoms with van der Waals surface area (Å²) in [5, 5.41) is 12.6. The third-order valence-corrected chi connectivity index (χ3v) is 5.62. The number of amides is 1. The van der Waals surface area contributed by atoms with Gasteiger partial charge in [-0.1, -0.05) is 44.9 Å². The van der Waals surface area contributed by atoms with E-state index in [0.717, 1.165) is 53.6 Å². The van der Waals surface area contributed by atoms with Gasteiger partial charge >= 0.3 is 0 Å². The summed E-state index contributed by atoms with van der Waals surface area (Å²) in [5.41, 5.74) is 0.825. The standard InChI is InChI=1S/C19H30N6OS/c1-3-10-20-16-15-13-22-25(17(15)24-19(23-16)27-4-2)12-11-21-18(26)14-8-6-5-7-9-14/h13-14H,3-12H2,1-2H3,(H,21,26)(H,20,23,24). The van der Waals surface area contributed by atoms with E-state index in [-0.39, 0.29) is 11.8 Å². The van der Waals surface area contributed by atoms with Crippen LogP contribution in [0, 0.1) is 5.92 Å². The van der Waals surface area contributed by atoms with Gasteiger partial charge in [-0.15, -0.1) is 0 Å². The maximum Gasteiger partial charge on any atom is 0.223 e. The van der Waals surface area contributed by atoms with Crippen LogP contribution in [0.3, 0.4) is 0 Å². The molecule has 1 aliphatic carbocycles. The number of carbonyl (C=O) groups is 1. The van der Waals surface area contributed by atoms with Gasteiger partial charge in [0.25, 0.3) is 0 Å². The first kappa shape index (κ1) is 19.9. The molecule has 0 unspecified atom stereocenters. The van der Waals surface area contributed by atoms with Gasteiger partial charge in [0, 0.05) is 19.0 Å². The quantitative estimate of drug-likeness (QED) is 0.504. The molecule has 1 fully saturated rings. The summed E-state index contributed by atoms with van der Waals surface area (Å²) in [6, 6.07) is 0. The number of nitrogens with one attached hydrogen (secondary N) is 2. The molecule has 0 saturated heterocycles. The van der Waals surface area contributed by atoms with Gasteiger partial charge in [-0.3, -0.25) is 4.79 Å². The van der Waals surface area contributed by atoms with Crippen LogP contribution in [0.1, 0.15) is 52.4 Å². The molecule has 2 N–H and O–H groups in total. The van der Waals surface area contributed by atoms with Crippen LogP contribution in [0.15, 0.2) is 11.4 Å². The van der Waals surface area contributed by atoms with Crippen molar-refractivity contribution in [2.24, 2.45) is 5.92 Å². The average molecular weight is 391 g/mol. The van der Waals surface area contributed by atoms with Gasteiger partial charge in [-0.2, -0.15) is 5.10 Å². The van der Waals surface area contributed by atoms with Gasteiger partial charge < -0.3 is 10.6 Å². The van der Waals surface area contributed by atoms with Crippen molar-refractivity contribution in [3.8, 4) is 0 Å². The molecule has 0 bridgehead atoms. The number of nitrogens with zero attached hydrogens (tertiary/aromatic N) is 4. The third kappa shape index (κ3) is 5.12. The molecule has 0 spiro atoms. The van der Waals surface area contributed by atoms with Crippen LogP contribution in [0.25, 0.3) is 11.0 Å². The second-order valence-electron chi connectivity index (χ2n) is 6.95. The summed E-state index contributed by atoms with van der Waals surface area (Å²) in [4.78, 5) is 21.6. The zero-order valence-corrected chi connectivity index (χ0v) is 17.1. The molecular formula is C19H30N6OS. The largest absolute Gasteiger partial charge is 0.369 e. The summed E-state index contributed by atoms with van der Waals surface area (Å²) in [6.45, 7) is 6.28. The van der Waals surface area contributed by atoms with Crippen molar-refractivity contribution in [3.05, 3.63) is 6.20 Å². The lowest BCUT2D eigenvalue weighted by Crippen LogP contribution is -2.34. The first-order valence-electron chi connectivity index (χ1n) is 10.1. The molecule has 8 heteroatoms. The molecular weight excluding hydrogens is 360 g/mol. The Morgan fingerprint density at radius 3 is 2.78 bits per heavy atom. The van der Waals surface area contributed by atoms with Gasteiger partial charge in [0.1, 0.15) is 5.82 Å². The second kappa shape index (κ2) is 9.92. The Balaban J connectivity index is 1.68. The zero-order valence-electron chi connectivity index (χ0n) is 16.3. The summed E-state index contributed by atoms with van der Waals surface area (Å²) < 4.78 is 1.87. The van der Waals surface area contributed by atoms with E-state index in [1.807, 2.05) is 10.9 Å². The van der Waals surface area contributed by atoms with Crippen molar-refractivity contribution in [3.63, 3.8) is 0 Å². The van der Waals surface area contributed by atoms with E-state index < -0.39 is 0 Å². The van der Waals surface area contributed by atoms with Crippen LogP contribution >= 0.6 is 11.8 Å². The number of anilines is 1. The number of aromatic nitrogens is 4. The maximum absolute atomic E-state index is 12.3. The molecule has 1 amide bonds. The molecule has 7 nitrogen and oxygen atoms in total. The number of rotatable bonds is 9. The lowest BCUT2D eigenvalue weighted by Gasteiger charge is -2.20. The van der Waals surface area contributed by atoms with E-state index in [1.54, 1.807) is 11.8 Å². The third-order valence-electron chi connectivity index (χ3n) is 4.89. The lowest BCUT2D eigenvalue weighted by molar-refractivity contribution is -0.125. The molecule has 0 radical (unpaired) electrons. The fourth-order valence-electron chi connectivity index (χ4n) is 3.46. The molecule has 0 aliphatic heterocycles. The van der Waals surface area contributed by atoms with Crippen LogP contribution in [0.5, 0.6) is 0 Å². The van der Waals surface area contributed by atoms with Gasteiger partial charge in [-0.25, -0.2) is 14.6 Å². The Bertz CT molecular complexity index is 756. The van der Waals surface area contributed by atoms with E-state index in [0.29, 0.717) is 13.1 Å². The molecule has 0 atom stereocenters. The highest BCUT2D eigenvalue weighted by molar-refractivity contribution is 7.99. The molecule has 2 aromatic heterocycles. The van der Waals surface area contributed by atoms with Crippen molar-refractivity contribution >= 4 is 34.5 Å². The molecule has 27 heavy (non-hydrogen) atoms. The smallest absolute Gasteiger partial charge is 0.223 e. The number of hydrogen-bond acceptors (Lipinski definition) is 6. The fourth-order valence-corrected chi connectivity index (χ4v) is 4.03. The Morgan fingerprint density at radius 2 is 2.04 bits per heavy atom. The van der Waals surface area contributed by atoms with Gasteiger partial charge in [0.2, 0.25) is 5.91 Å². The average Bonchev–Trinajstić information content (AvgIpc) is 3.10. The molecule has 1 aliphatic rings. The topological polar surface area (TPSA) is 84.7 Å². The van der Waals surface area contributed by atoms with Crippen LogP contribution in [-0.2, 0) is 11.3 Å².